The fourth-order valence-electron chi connectivity index (χ4n) is 3.00. The molecule has 3 atom stereocenters. The largest absolute Gasteiger partial charge is 0.393 e. The van der Waals surface area contributed by atoms with Gasteiger partial charge in [0.2, 0.25) is 0 Å². The second kappa shape index (κ2) is 5.28. The molecule has 0 aromatic carbocycles. The number of rotatable bonds is 2. The summed E-state index contributed by atoms with van der Waals surface area (Å²) in [6.45, 7) is 5.00. The molecule has 16 heavy (non-hydrogen) atoms. The third-order valence-corrected chi connectivity index (χ3v) is 5.43. The first-order valence-electron chi connectivity index (χ1n) is 6.53. The molecule has 1 spiro atoms. The number of thioether (sulfide) groups is 1. The van der Waals surface area contributed by atoms with Crippen molar-refractivity contribution in [1.82, 2.24) is 0 Å². The van der Waals surface area contributed by atoms with Crippen LogP contribution in [0.2, 0.25) is 0 Å². The SMILES string of the molecule is CC(O)C(C)C1CCOC2(CCSCC2)C1. The van der Waals surface area contributed by atoms with E-state index in [0.29, 0.717) is 11.8 Å². The molecule has 3 unspecified atom stereocenters. The van der Waals surface area contributed by atoms with Gasteiger partial charge in [0, 0.05) is 6.61 Å². The van der Waals surface area contributed by atoms with Crippen molar-refractivity contribution in [3.63, 3.8) is 0 Å². The molecule has 0 bridgehead atoms. The zero-order valence-electron chi connectivity index (χ0n) is 10.4. The van der Waals surface area contributed by atoms with Crippen molar-refractivity contribution in [3.05, 3.63) is 0 Å². The highest BCUT2D eigenvalue weighted by Gasteiger charge is 2.40. The Bertz CT molecular complexity index is 218. The predicted molar refractivity (Wildman–Crippen MR) is 68.8 cm³/mol. The summed E-state index contributed by atoms with van der Waals surface area (Å²) in [5.74, 6) is 3.55. The molecule has 0 aromatic heterocycles. The lowest BCUT2D eigenvalue weighted by molar-refractivity contribution is -0.116. The van der Waals surface area contributed by atoms with Crippen LogP contribution >= 0.6 is 11.8 Å². The fraction of sp³-hybridized carbons (Fsp3) is 1.00. The summed E-state index contributed by atoms with van der Waals surface area (Å²) in [7, 11) is 0. The monoisotopic (exact) mass is 244 g/mol. The van der Waals surface area contributed by atoms with E-state index in [1.165, 1.54) is 30.8 Å². The van der Waals surface area contributed by atoms with Gasteiger partial charge in [-0.1, -0.05) is 6.92 Å². The summed E-state index contributed by atoms with van der Waals surface area (Å²) >= 11 is 2.05. The number of ether oxygens (including phenoxy) is 1. The van der Waals surface area contributed by atoms with E-state index in [1.54, 1.807) is 0 Å². The molecule has 2 aliphatic heterocycles. The quantitative estimate of drug-likeness (QED) is 0.810. The maximum atomic E-state index is 9.71. The maximum absolute atomic E-state index is 9.71. The zero-order valence-corrected chi connectivity index (χ0v) is 11.3. The summed E-state index contributed by atoms with van der Waals surface area (Å²) in [4.78, 5) is 0. The van der Waals surface area contributed by atoms with Crippen LogP contribution in [-0.4, -0.2) is 34.9 Å². The summed E-state index contributed by atoms with van der Waals surface area (Å²) in [5, 5.41) is 9.71. The van der Waals surface area contributed by atoms with Gasteiger partial charge in [-0.3, -0.25) is 0 Å². The van der Waals surface area contributed by atoms with Crippen LogP contribution in [0, 0.1) is 11.8 Å². The van der Waals surface area contributed by atoms with Gasteiger partial charge in [-0.25, -0.2) is 0 Å². The topological polar surface area (TPSA) is 29.5 Å². The van der Waals surface area contributed by atoms with Crippen molar-refractivity contribution in [3.8, 4) is 0 Å². The first kappa shape index (κ1) is 12.7. The minimum Gasteiger partial charge on any atom is -0.393 e. The molecule has 0 aromatic rings. The van der Waals surface area contributed by atoms with Crippen molar-refractivity contribution < 1.29 is 9.84 Å². The molecular weight excluding hydrogens is 220 g/mol. The number of aliphatic hydroxyl groups excluding tert-OH is 1. The van der Waals surface area contributed by atoms with Crippen LogP contribution in [0.1, 0.15) is 39.5 Å². The first-order chi connectivity index (χ1) is 7.63. The molecule has 2 heterocycles. The minimum atomic E-state index is -0.182. The highest BCUT2D eigenvalue weighted by atomic mass is 32.2. The van der Waals surface area contributed by atoms with E-state index < -0.39 is 0 Å². The smallest absolute Gasteiger partial charge is 0.0701 e. The van der Waals surface area contributed by atoms with Gasteiger partial charge in [0.05, 0.1) is 11.7 Å². The molecule has 1 N–H and O–H groups in total. The van der Waals surface area contributed by atoms with Gasteiger partial charge >= 0.3 is 0 Å². The minimum absolute atomic E-state index is 0.164. The van der Waals surface area contributed by atoms with Crippen LogP contribution in [0.5, 0.6) is 0 Å². The molecule has 3 heteroatoms. The van der Waals surface area contributed by atoms with Crippen molar-refractivity contribution in [2.24, 2.45) is 11.8 Å². The van der Waals surface area contributed by atoms with Gasteiger partial charge in [0.15, 0.2) is 0 Å². The van der Waals surface area contributed by atoms with Gasteiger partial charge in [0.25, 0.3) is 0 Å². The molecule has 2 rings (SSSR count). The van der Waals surface area contributed by atoms with Crippen LogP contribution in [0.3, 0.4) is 0 Å². The lowest BCUT2D eigenvalue weighted by atomic mass is 9.75. The zero-order chi connectivity index (χ0) is 11.6. The molecule has 2 fully saturated rings. The van der Waals surface area contributed by atoms with Crippen LogP contribution in [0.4, 0.5) is 0 Å². The molecule has 0 radical (unpaired) electrons. The van der Waals surface area contributed by atoms with Crippen molar-refractivity contribution in [1.29, 1.82) is 0 Å². The third kappa shape index (κ3) is 2.74. The molecule has 2 saturated heterocycles. The van der Waals surface area contributed by atoms with Gasteiger partial charge < -0.3 is 9.84 Å². The van der Waals surface area contributed by atoms with Crippen molar-refractivity contribution in [2.45, 2.75) is 51.2 Å². The molecule has 94 valence electrons. The Morgan fingerprint density at radius 3 is 2.62 bits per heavy atom. The molecule has 0 aliphatic carbocycles. The Kier molecular flexibility index (Phi) is 4.20. The van der Waals surface area contributed by atoms with Gasteiger partial charge in [-0.15, -0.1) is 0 Å². The summed E-state index contributed by atoms with van der Waals surface area (Å²) in [6, 6.07) is 0. The standard InChI is InChI=1S/C13H24O2S/c1-10(11(2)14)12-3-6-15-13(9-12)4-7-16-8-5-13/h10-12,14H,3-9H2,1-2H3. The van der Waals surface area contributed by atoms with E-state index in [1.807, 2.05) is 18.7 Å². The molecule has 2 aliphatic rings. The average Bonchev–Trinajstić information content (AvgIpc) is 2.29. The highest BCUT2D eigenvalue weighted by Crippen LogP contribution is 2.42. The van der Waals surface area contributed by atoms with Crippen LogP contribution in [0.15, 0.2) is 0 Å². The fourth-order valence-corrected chi connectivity index (χ4v) is 4.24. The normalized spacial score (nSPS) is 33.6. The Labute approximate surface area is 103 Å². The summed E-state index contributed by atoms with van der Waals surface area (Å²) in [6.07, 6.45) is 4.53. The van der Waals surface area contributed by atoms with E-state index in [-0.39, 0.29) is 11.7 Å². The second-order valence-electron chi connectivity index (χ2n) is 5.50. The van der Waals surface area contributed by atoms with Gasteiger partial charge in [-0.05, 0) is 55.9 Å². The Balaban J connectivity index is 1.97. The van der Waals surface area contributed by atoms with E-state index in [9.17, 15) is 5.11 Å². The average molecular weight is 244 g/mol. The highest BCUT2D eigenvalue weighted by molar-refractivity contribution is 7.99. The van der Waals surface area contributed by atoms with Gasteiger partial charge in [0.1, 0.15) is 0 Å². The second-order valence-corrected chi connectivity index (χ2v) is 6.72. The Morgan fingerprint density at radius 1 is 1.31 bits per heavy atom. The Hall–Kier alpha value is 0.270. The van der Waals surface area contributed by atoms with E-state index in [4.69, 9.17) is 4.74 Å². The Morgan fingerprint density at radius 2 is 2.00 bits per heavy atom. The predicted octanol–water partition coefficient (Wildman–Crippen LogP) is 2.70. The molecular formula is C13H24O2S. The van der Waals surface area contributed by atoms with Crippen molar-refractivity contribution >= 4 is 11.8 Å². The van der Waals surface area contributed by atoms with Crippen LogP contribution < -0.4 is 0 Å². The first-order valence-corrected chi connectivity index (χ1v) is 7.68. The lowest BCUT2D eigenvalue weighted by Gasteiger charge is -2.45. The van der Waals surface area contributed by atoms with E-state index in [0.717, 1.165) is 13.0 Å². The summed E-state index contributed by atoms with van der Waals surface area (Å²) in [5.41, 5.74) is 0.164. The van der Waals surface area contributed by atoms with Gasteiger partial charge in [-0.2, -0.15) is 11.8 Å². The number of aliphatic hydroxyl groups is 1. The van der Waals surface area contributed by atoms with E-state index in [2.05, 4.69) is 6.92 Å². The number of hydrogen-bond donors (Lipinski definition) is 1. The number of hydrogen-bond acceptors (Lipinski definition) is 3. The summed E-state index contributed by atoms with van der Waals surface area (Å²) < 4.78 is 6.07. The lowest BCUT2D eigenvalue weighted by Crippen LogP contribution is -2.45. The molecule has 0 saturated carbocycles. The molecule has 0 amide bonds. The molecule has 2 nitrogen and oxygen atoms in total. The van der Waals surface area contributed by atoms with Crippen LogP contribution in [-0.2, 0) is 4.74 Å². The third-order valence-electron chi connectivity index (χ3n) is 4.44. The van der Waals surface area contributed by atoms with Crippen LogP contribution in [0.25, 0.3) is 0 Å². The maximum Gasteiger partial charge on any atom is 0.0701 e. The van der Waals surface area contributed by atoms with E-state index >= 15 is 0 Å². The van der Waals surface area contributed by atoms with Crippen molar-refractivity contribution in [2.75, 3.05) is 18.1 Å².